The predicted molar refractivity (Wildman–Crippen MR) is 91.5 cm³/mol. The molecule has 0 radical (unpaired) electrons. The summed E-state index contributed by atoms with van der Waals surface area (Å²) in [7, 11) is 0. The number of fused-ring (bicyclic) bond motifs is 1. The number of carbonyl (C=O) groups excluding carboxylic acids is 1. The molecule has 0 bridgehead atoms. The lowest BCUT2D eigenvalue weighted by molar-refractivity contribution is 0.0932. The molecule has 3 heterocycles. The number of aromatic nitrogens is 2. The predicted octanol–water partition coefficient (Wildman–Crippen LogP) is 3.50. The quantitative estimate of drug-likeness (QED) is 0.793. The third-order valence-electron chi connectivity index (χ3n) is 4.30. The number of benzene rings is 1. The maximum atomic E-state index is 13.1. The van der Waals surface area contributed by atoms with Gasteiger partial charge in [-0.25, -0.2) is 9.37 Å². The van der Waals surface area contributed by atoms with E-state index in [0.717, 1.165) is 36.3 Å². The van der Waals surface area contributed by atoms with Gasteiger partial charge in [0, 0.05) is 37.0 Å². The molecule has 1 atom stereocenters. The first-order valence-corrected chi connectivity index (χ1v) is 8.73. The second-order valence-electron chi connectivity index (χ2n) is 5.88. The Morgan fingerprint density at radius 1 is 1.29 bits per heavy atom. The molecule has 0 spiro atoms. The van der Waals surface area contributed by atoms with Crippen molar-refractivity contribution in [2.75, 3.05) is 0 Å². The Morgan fingerprint density at radius 2 is 2.12 bits per heavy atom. The van der Waals surface area contributed by atoms with Crippen molar-refractivity contribution in [1.82, 2.24) is 14.9 Å². The van der Waals surface area contributed by atoms with E-state index in [1.54, 1.807) is 18.3 Å². The van der Waals surface area contributed by atoms with Crippen LogP contribution in [0.2, 0.25) is 0 Å². The topological polar surface area (TPSA) is 46.9 Å². The molecule has 1 aliphatic heterocycles. The molecule has 24 heavy (non-hydrogen) atoms. The fraction of sp³-hybridized carbons (Fsp3) is 0.222. The summed E-state index contributed by atoms with van der Waals surface area (Å²) < 4.78 is 15.2. The highest BCUT2D eigenvalue weighted by Gasteiger charge is 2.22. The fourth-order valence-electron chi connectivity index (χ4n) is 3.08. The van der Waals surface area contributed by atoms with Gasteiger partial charge in [0.2, 0.25) is 0 Å². The molecule has 1 N–H and O–H groups in total. The van der Waals surface area contributed by atoms with E-state index in [2.05, 4.69) is 14.9 Å². The van der Waals surface area contributed by atoms with Gasteiger partial charge in [0.25, 0.3) is 5.91 Å². The Bertz CT molecular complexity index is 869. The summed E-state index contributed by atoms with van der Waals surface area (Å²) in [5, 5.41) is 5.01. The molecule has 0 fully saturated rings. The van der Waals surface area contributed by atoms with E-state index in [1.807, 2.05) is 17.6 Å². The van der Waals surface area contributed by atoms with Crippen molar-refractivity contribution in [3.63, 3.8) is 0 Å². The van der Waals surface area contributed by atoms with Crippen molar-refractivity contribution in [2.45, 2.75) is 25.4 Å². The highest BCUT2D eigenvalue weighted by Crippen LogP contribution is 2.28. The van der Waals surface area contributed by atoms with Crippen molar-refractivity contribution < 1.29 is 9.18 Å². The SMILES string of the molecule is O=C(N[C@H]1CCc2nccn2C1)c1sccc1-c1ccc(F)cc1. The number of thiophene rings is 1. The molecule has 1 aromatic carbocycles. The highest BCUT2D eigenvalue weighted by molar-refractivity contribution is 7.12. The Kier molecular flexibility index (Phi) is 3.90. The van der Waals surface area contributed by atoms with Crippen LogP contribution in [0.25, 0.3) is 11.1 Å². The first-order valence-electron chi connectivity index (χ1n) is 7.85. The van der Waals surface area contributed by atoms with Gasteiger partial charge >= 0.3 is 0 Å². The molecule has 6 heteroatoms. The zero-order valence-electron chi connectivity index (χ0n) is 12.9. The lowest BCUT2D eigenvalue weighted by Gasteiger charge is -2.24. The van der Waals surface area contributed by atoms with Gasteiger partial charge in [0.05, 0.1) is 4.88 Å². The van der Waals surface area contributed by atoms with Crippen LogP contribution in [0.5, 0.6) is 0 Å². The Morgan fingerprint density at radius 3 is 2.96 bits per heavy atom. The van der Waals surface area contributed by atoms with E-state index in [9.17, 15) is 9.18 Å². The number of nitrogens with one attached hydrogen (secondary N) is 1. The molecule has 4 nitrogen and oxygen atoms in total. The van der Waals surface area contributed by atoms with Crippen LogP contribution in [0.3, 0.4) is 0 Å². The minimum absolute atomic E-state index is 0.0714. The van der Waals surface area contributed by atoms with Gasteiger partial charge in [-0.1, -0.05) is 12.1 Å². The molecule has 0 saturated carbocycles. The highest BCUT2D eigenvalue weighted by atomic mass is 32.1. The van der Waals surface area contributed by atoms with E-state index in [4.69, 9.17) is 0 Å². The van der Waals surface area contributed by atoms with Gasteiger partial charge in [0.1, 0.15) is 11.6 Å². The molecule has 1 aliphatic rings. The second kappa shape index (κ2) is 6.20. The molecule has 0 aliphatic carbocycles. The largest absolute Gasteiger partial charge is 0.347 e. The van der Waals surface area contributed by atoms with Crippen molar-refractivity contribution in [1.29, 1.82) is 0 Å². The van der Waals surface area contributed by atoms with Gasteiger partial charge in [-0.05, 0) is 35.6 Å². The summed E-state index contributed by atoms with van der Waals surface area (Å²) in [4.78, 5) is 17.7. The lowest BCUT2D eigenvalue weighted by atomic mass is 10.0. The number of aryl methyl sites for hydroxylation is 1. The number of rotatable bonds is 3. The maximum absolute atomic E-state index is 13.1. The van der Waals surface area contributed by atoms with Crippen LogP contribution < -0.4 is 5.32 Å². The molecule has 122 valence electrons. The van der Waals surface area contributed by atoms with E-state index in [1.165, 1.54) is 23.5 Å². The number of hydrogen-bond acceptors (Lipinski definition) is 3. The van der Waals surface area contributed by atoms with Crippen LogP contribution in [-0.2, 0) is 13.0 Å². The molecule has 3 aromatic rings. The second-order valence-corrected chi connectivity index (χ2v) is 6.79. The van der Waals surface area contributed by atoms with Gasteiger partial charge in [-0.15, -0.1) is 11.3 Å². The summed E-state index contributed by atoms with van der Waals surface area (Å²) in [6.45, 7) is 0.748. The minimum Gasteiger partial charge on any atom is -0.347 e. The van der Waals surface area contributed by atoms with E-state index in [-0.39, 0.29) is 17.8 Å². The van der Waals surface area contributed by atoms with Crippen LogP contribution in [0.1, 0.15) is 21.9 Å². The van der Waals surface area contributed by atoms with Gasteiger partial charge in [-0.2, -0.15) is 0 Å². The first kappa shape index (κ1) is 15.1. The number of hydrogen-bond donors (Lipinski definition) is 1. The van der Waals surface area contributed by atoms with Crippen molar-refractivity contribution >= 4 is 17.2 Å². The average Bonchev–Trinajstić information content (AvgIpc) is 3.24. The molecule has 0 unspecified atom stereocenters. The molecular weight excluding hydrogens is 325 g/mol. The Labute approximate surface area is 143 Å². The van der Waals surface area contributed by atoms with Crippen LogP contribution in [-0.4, -0.2) is 21.5 Å². The summed E-state index contributed by atoms with van der Waals surface area (Å²) in [5.74, 6) is 0.722. The number of nitrogens with zero attached hydrogens (tertiary/aromatic N) is 2. The van der Waals surface area contributed by atoms with Crippen LogP contribution in [0, 0.1) is 5.82 Å². The number of halogens is 1. The summed E-state index contributed by atoms with van der Waals surface area (Å²) in [6, 6.07) is 8.23. The lowest BCUT2D eigenvalue weighted by Crippen LogP contribution is -2.40. The summed E-state index contributed by atoms with van der Waals surface area (Å²) >= 11 is 1.41. The molecule has 4 rings (SSSR count). The van der Waals surface area contributed by atoms with E-state index < -0.39 is 0 Å². The van der Waals surface area contributed by atoms with Crippen molar-refractivity contribution in [3.8, 4) is 11.1 Å². The van der Waals surface area contributed by atoms with Gasteiger partial charge in [0.15, 0.2) is 0 Å². The Hall–Kier alpha value is -2.47. The molecular formula is C18H16FN3OS. The summed E-state index contributed by atoms with van der Waals surface area (Å²) in [6.07, 6.45) is 5.50. The molecule has 2 aromatic heterocycles. The van der Waals surface area contributed by atoms with Crippen molar-refractivity contribution in [2.24, 2.45) is 0 Å². The van der Waals surface area contributed by atoms with Crippen molar-refractivity contribution in [3.05, 3.63) is 64.6 Å². The fourth-order valence-corrected chi connectivity index (χ4v) is 3.90. The molecule has 0 saturated heterocycles. The first-order chi connectivity index (χ1) is 11.7. The number of carbonyl (C=O) groups is 1. The monoisotopic (exact) mass is 341 g/mol. The van der Waals surface area contributed by atoms with Crippen LogP contribution in [0.4, 0.5) is 4.39 Å². The zero-order valence-corrected chi connectivity index (χ0v) is 13.7. The van der Waals surface area contributed by atoms with Gasteiger partial charge in [-0.3, -0.25) is 4.79 Å². The summed E-state index contributed by atoms with van der Waals surface area (Å²) in [5.41, 5.74) is 1.69. The smallest absolute Gasteiger partial charge is 0.262 e. The third-order valence-corrected chi connectivity index (χ3v) is 5.21. The molecule has 1 amide bonds. The number of amides is 1. The van der Waals surface area contributed by atoms with Crippen LogP contribution in [0.15, 0.2) is 48.1 Å². The Balaban J connectivity index is 1.52. The average molecular weight is 341 g/mol. The van der Waals surface area contributed by atoms with E-state index >= 15 is 0 Å². The maximum Gasteiger partial charge on any atom is 0.262 e. The standard InChI is InChI=1S/C18H16FN3OS/c19-13-3-1-12(2-4-13)15-7-10-24-17(15)18(23)21-14-5-6-16-20-8-9-22(16)11-14/h1-4,7-10,14H,5-6,11H2,(H,21,23)/t14-/m0/s1. The minimum atomic E-state index is -0.279. The van der Waals surface area contributed by atoms with Crippen LogP contribution >= 0.6 is 11.3 Å². The van der Waals surface area contributed by atoms with E-state index in [0.29, 0.717) is 4.88 Å². The zero-order chi connectivity index (χ0) is 16.5. The third kappa shape index (κ3) is 2.85. The normalized spacial score (nSPS) is 16.6. The number of imidazole rings is 1. The van der Waals surface area contributed by atoms with Gasteiger partial charge < -0.3 is 9.88 Å².